The number of hydrogen-bond acceptors (Lipinski definition) is 4. The summed E-state index contributed by atoms with van der Waals surface area (Å²) in [4.78, 5) is 23.1. The van der Waals surface area contributed by atoms with E-state index in [9.17, 15) is 9.59 Å². The summed E-state index contributed by atoms with van der Waals surface area (Å²) in [5.74, 6) is -0.521. The van der Waals surface area contributed by atoms with E-state index in [2.05, 4.69) is 4.74 Å². The maximum atomic E-state index is 11.8. The Morgan fingerprint density at radius 3 is 2.82 bits per heavy atom. The lowest BCUT2D eigenvalue weighted by Gasteiger charge is -2.05. The summed E-state index contributed by atoms with van der Waals surface area (Å²) in [6.07, 6.45) is 1.67. The van der Waals surface area contributed by atoms with E-state index in [0.29, 0.717) is 12.1 Å². The first-order chi connectivity index (χ1) is 8.15. The molecule has 0 atom stereocenters. The van der Waals surface area contributed by atoms with Crippen molar-refractivity contribution < 1.29 is 9.53 Å². The standard InChI is InChI=1S/C12H12N2O3/c1-17-12(16)9-4-10-3-2-8(6-13)7-14(10)11(15)5-9/h2-5,7H,6,13H2,1H3. The first kappa shape index (κ1) is 11.3. The van der Waals surface area contributed by atoms with Gasteiger partial charge in [-0.05, 0) is 17.7 Å². The summed E-state index contributed by atoms with van der Waals surface area (Å²) >= 11 is 0. The predicted octanol–water partition coefficient (Wildman–Crippen LogP) is 0.545. The summed E-state index contributed by atoms with van der Waals surface area (Å²) in [6.45, 7) is 0.362. The number of aromatic nitrogens is 1. The fourth-order valence-corrected chi connectivity index (χ4v) is 1.62. The fraction of sp³-hybridized carbons (Fsp3) is 0.167. The number of carbonyl (C=O) groups is 1. The molecule has 0 aromatic carbocycles. The van der Waals surface area contributed by atoms with Crippen LogP contribution in [0.1, 0.15) is 15.9 Å². The van der Waals surface area contributed by atoms with Gasteiger partial charge >= 0.3 is 5.97 Å². The second kappa shape index (κ2) is 4.39. The maximum Gasteiger partial charge on any atom is 0.338 e. The lowest BCUT2D eigenvalue weighted by atomic mass is 10.2. The van der Waals surface area contributed by atoms with Crippen LogP contribution in [0.15, 0.2) is 35.3 Å². The zero-order chi connectivity index (χ0) is 12.4. The fourth-order valence-electron chi connectivity index (χ4n) is 1.62. The van der Waals surface area contributed by atoms with E-state index < -0.39 is 5.97 Å². The van der Waals surface area contributed by atoms with Gasteiger partial charge in [0.15, 0.2) is 0 Å². The number of esters is 1. The number of pyridine rings is 2. The van der Waals surface area contributed by atoms with Gasteiger partial charge in [-0.15, -0.1) is 0 Å². The van der Waals surface area contributed by atoms with Crippen molar-refractivity contribution >= 4 is 11.5 Å². The molecule has 0 saturated carbocycles. The third-order valence-electron chi connectivity index (χ3n) is 2.52. The minimum absolute atomic E-state index is 0.248. The molecule has 2 aromatic heterocycles. The molecule has 5 heteroatoms. The molecule has 5 nitrogen and oxygen atoms in total. The molecule has 2 rings (SSSR count). The third kappa shape index (κ3) is 2.05. The molecular formula is C12H12N2O3. The largest absolute Gasteiger partial charge is 0.465 e. The van der Waals surface area contributed by atoms with Gasteiger partial charge in [-0.2, -0.15) is 0 Å². The smallest absolute Gasteiger partial charge is 0.338 e. The van der Waals surface area contributed by atoms with Gasteiger partial charge in [0.2, 0.25) is 0 Å². The Morgan fingerprint density at radius 1 is 1.41 bits per heavy atom. The summed E-state index contributed by atoms with van der Waals surface area (Å²) in [6, 6.07) is 6.42. The van der Waals surface area contributed by atoms with E-state index in [1.165, 1.54) is 17.6 Å². The Balaban J connectivity index is 2.68. The predicted molar refractivity (Wildman–Crippen MR) is 62.9 cm³/mol. The molecule has 0 fully saturated rings. The highest BCUT2D eigenvalue weighted by Gasteiger charge is 2.08. The van der Waals surface area contributed by atoms with E-state index in [-0.39, 0.29) is 11.1 Å². The van der Waals surface area contributed by atoms with Crippen LogP contribution in [0.3, 0.4) is 0 Å². The molecule has 88 valence electrons. The van der Waals surface area contributed by atoms with Crippen LogP contribution in [-0.2, 0) is 11.3 Å². The van der Waals surface area contributed by atoms with E-state index in [0.717, 1.165) is 5.56 Å². The molecule has 0 aliphatic rings. The van der Waals surface area contributed by atoms with Crippen LogP contribution in [0, 0.1) is 0 Å². The summed E-state index contributed by atoms with van der Waals surface area (Å²) < 4.78 is 6.03. The molecular weight excluding hydrogens is 220 g/mol. The number of methoxy groups -OCH3 is 1. The average Bonchev–Trinajstić information content (AvgIpc) is 2.37. The quantitative estimate of drug-likeness (QED) is 0.767. The Bertz CT molecular complexity index is 631. The van der Waals surface area contributed by atoms with Crippen LogP contribution in [0.5, 0.6) is 0 Å². The van der Waals surface area contributed by atoms with E-state index in [4.69, 9.17) is 5.73 Å². The highest BCUT2D eigenvalue weighted by Crippen LogP contribution is 2.07. The number of ether oxygens (including phenoxy) is 1. The van der Waals surface area contributed by atoms with E-state index in [1.807, 2.05) is 6.07 Å². The Labute approximate surface area is 97.4 Å². The monoisotopic (exact) mass is 232 g/mol. The number of fused-ring (bicyclic) bond motifs is 1. The van der Waals surface area contributed by atoms with Crippen molar-refractivity contribution in [1.29, 1.82) is 0 Å². The Hall–Kier alpha value is -2.14. The molecule has 2 heterocycles. The van der Waals surface area contributed by atoms with Crippen LogP contribution in [0.25, 0.3) is 5.52 Å². The van der Waals surface area contributed by atoms with Crippen molar-refractivity contribution in [3.63, 3.8) is 0 Å². The number of nitrogens with zero attached hydrogens (tertiary/aromatic N) is 1. The topological polar surface area (TPSA) is 73.8 Å². The highest BCUT2D eigenvalue weighted by molar-refractivity contribution is 5.90. The van der Waals surface area contributed by atoms with Crippen molar-refractivity contribution in [1.82, 2.24) is 4.40 Å². The minimum atomic E-state index is -0.521. The van der Waals surface area contributed by atoms with E-state index in [1.54, 1.807) is 18.3 Å². The molecule has 0 bridgehead atoms. The van der Waals surface area contributed by atoms with Crippen molar-refractivity contribution in [2.75, 3.05) is 7.11 Å². The first-order valence-corrected chi connectivity index (χ1v) is 5.09. The zero-order valence-corrected chi connectivity index (χ0v) is 9.34. The van der Waals surface area contributed by atoms with Crippen molar-refractivity contribution in [3.05, 3.63) is 51.9 Å². The Morgan fingerprint density at radius 2 is 2.18 bits per heavy atom. The van der Waals surface area contributed by atoms with E-state index >= 15 is 0 Å². The summed E-state index contributed by atoms with van der Waals surface area (Å²) in [7, 11) is 1.28. The molecule has 0 spiro atoms. The average molecular weight is 232 g/mol. The van der Waals surface area contributed by atoms with Gasteiger partial charge in [0.25, 0.3) is 5.56 Å². The first-order valence-electron chi connectivity index (χ1n) is 5.09. The minimum Gasteiger partial charge on any atom is -0.465 e. The molecule has 2 aromatic rings. The number of hydrogen-bond donors (Lipinski definition) is 1. The molecule has 0 unspecified atom stereocenters. The lowest BCUT2D eigenvalue weighted by Crippen LogP contribution is -2.16. The van der Waals surface area contributed by atoms with Gasteiger partial charge in [-0.3, -0.25) is 9.20 Å². The van der Waals surface area contributed by atoms with Gasteiger partial charge in [-0.1, -0.05) is 6.07 Å². The Kier molecular flexibility index (Phi) is 2.93. The summed E-state index contributed by atoms with van der Waals surface area (Å²) in [5, 5.41) is 0. The van der Waals surface area contributed by atoms with Crippen LogP contribution in [0.2, 0.25) is 0 Å². The molecule has 2 N–H and O–H groups in total. The van der Waals surface area contributed by atoms with Crippen LogP contribution >= 0.6 is 0 Å². The number of nitrogens with two attached hydrogens (primary N) is 1. The molecule has 0 aliphatic heterocycles. The van der Waals surface area contributed by atoms with Gasteiger partial charge in [-0.25, -0.2) is 4.79 Å². The molecule has 0 aliphatic carbocycles. The maximum absolute atomic E-state index is 11.8. The van der Waals surface area contributed by atoms with Crippen molar-refractivity contribution in [2.24, 2.45) is 5.73 Å². The SMILES string of the molecule is COC(=O)c1cc(=O)n2cc(CN)ccc2c1. The van der Waals surface area contributed by atoms with Gasteiger partial charge in [0.05, 0.1) is 12.7 Å². The molecule has 0 saturated heterocycles. The lowest BCUT2D eigenvalue weighted by molar-refractivity contribution is 0.0600. The van der Waals surface area contributed by atoms with Crippen LogP contribution < -0.4 is 11.3 Å². The van der Waals surface area contributed by atoms with Crippen LogP contribution in [0.4, 0.5) is 0 Å². The van der Waals surface area contributed by atoms with Crippen LogP contribution in [-0.4, -0.2) is 17.5 Å². The highest BCUT2D eigenvalue weighted by atomic mass is 16.5. The number of carbonyl (C=O) groups excluding carboxylic acids is 1. The van der Waals surface area contributed by atoms with Crippen molar-refractivity contribution in [3.8, 4) is 0 Å². The van der Waals surface area contributed by atoms with Gasteiger partial charge < -0.3 is 10.5 Å². The molecule has 17 heavy (non-hydrogen) atoms. The third-order valence-corrected chi connectivity index (χ3v) is 2.52. The van der Waals surface area contributed by atoms with Gasteiger partial charge in [0, 0.05) is 24.3 Å². The molecule has 0 amide bonds. The summed E-state index contributed by atoms with van der Waals surface area (Å²) in [5.41, 5.74) is 6.96. The number of rotatable bonds is 2. The van der Waals surface area contributed by atoms with Gasteiger partial charge in [0.1, 0.15) is 0 Å². The zero-order valence-electron chi connectivity index (χ0n) is 9.34. The normalized spacial score (nSPS) is 10.5. The second-order valence-corrected chi connectivity index (χ2v) is 3.61. The van der Waals surface area contributed by atoms with Crippen molar-refractivity contribution in [2.45, 2.75) is 6.54 Å². The second-order valence-electron chi connectivity index (χ2n) is 3.61. The molecule has 0 radical (unpaired) electrons.